The Hall–Kier alpha value is -2.89. The molecule has 0 aliphatic carbocycles. The molecule has 0 unspecified atom stereocenters. The van der Waals surface area contributed by atoms with Crippen molar-refractivity contribution in [1.82, 2.24) is 15.0 Å². The molecule has 6 heteroatoms. The molecule has 1 aliphatic rings. The molecule has 1 fully saturated rings. The van der Waals surface area contributed by atoms with Gasteiger partial charge in [-0.15, -0.1) is 0 Å². The predicted octanol–water partition coefficient (Wildman–Crippen LogP) is 3.62. The monoisotopic (exact) mass is 323 g/mol. The van der Waals surface area contributed by atoms with E-state index in [9.17, 15) is 4.79 Å². The minimum Gasteiger partial charge on any atom is -0.459 e. The molecule has 3 heterocycles. The highest BCUT2D eigenvalue weighted by Crippen LogP contribution is 2.23. The van der Waals surface area contributed by atoms with Crippen LogP contribution >= 0.6 is 0 Å². The summed E-state index contributed by atoms with van der Waals surface area (Å²) in [7, 11) is 0. The number of benzene rings is 1. The molecule has 4 rings (SSSR count). The SMILES string of the molecule is O=C(c1cccc(-c2noc(-c3ccco3)n2)c1)N1CCCCC1. The number of hydrogen-bond donors (Lipinski definition) is 0. The van der Waals surface area contributed by atoms with E-state index in [1.165, 1.54) is 6.42 Å². The van der Waals surface area contributed by atoms with Crippen molar-refractivity contribution >= 4 is 5.91 Å². The van der Waals surface area contributed by atoms with E-state index < -0.39 is 0 Å². The van der Waals surface area contributed by atoms with Crippen molar-refractivity contribution in [2.24, 2.45) is 0 Å². The number of carbonyl (C=O) groups excluding carboxylic acids is 1. The predicted molar refractivity (Wildman–Crippen MR) is 87.2 cm³/mol. The minimum absolute atomic E-state index is 0.0614. The van der Waals surface area contributed by atoms with Gasteiger partial charge in [0.25, 0.3) is 11.8 Å². The summed E-state index contributed by atoms with van der Waals surface area (Å²) < 4.78 is 10.5. The van der Waals surface area contributed by atoms with E-state index in [0.717, 1.165) is 31.5 Å². The molecule has 1 amide bonds. The van der Waals surface area contributed by atoms with Crippen LogP contribution in [0.5, 0.6) is 0 Å². The highest BCUT2D eigenvalue weighted by atomic mass is 16.5. The molecule has 0 N–H and O–H groups in total. The molecular weight excluding hydrogens is 306 g/mol. The number of piperidine rings is 1. The first kappa shape index (κ1) is 14.7. The van der Waals surface area contributed by atoms with E-state index in [2.05, 4.69) is 10.1 Å². The Balaban J connectivity index is 1.59. The Kier molecular flexibility index (Phi) is 3.86. The molecule has 1 aromatic carbocycles. The first-order valence-corrected chi connectivity index (χ1v) is 8.08. The molecule has 6 nitrogen and oxygen atoms in total. The van der Waals surface area contributed by atoms with Crippen LogP contribution in [0.15, 0.2) is 51.6 Å². The molecule has 24 heavy (non-hydrogen) atoms. The molecule has 122 valence electrons. The lowest BCUT2D eigenvalue weighted by molar-refractivity contribution is 0.0724. The topological polar surface area (TPSA) is 72.4 Å². The van der Waals surface area contributed by atoms with Crippen molar-refractivity contribution in [2.45, 2.75) is 19.3 Å². The van der Waals surface area contributed by atoms with E-state index >= 15 is 0 Å². The zero-order valence-electron chi connectivity index (χ0n) is 13.1. The van der Waals surface area contributed by atoms with Crippen LogP contribution in [0.1, 0.15) is 29.6 Å². The zero-order valence-corrected chi connectivity index (χ0v) is 13.1. The Morgan fingerprint density at radius 1 is 1.08 bits per heavy atom. The van der Waals surface area contributed by atoms with Gasteiger partial charge in [-0.25, -0.2) is 0 Å². The van der Waals surface area contributed by atoms with Crippen LogP contribution in [-0.2, 0) is 0 Å². The van der Waals surface area contributed by atoms with Crippen LogP contribution in [0.2, 0.25) is 0 Å². The van der Waals surface area contributed by atoms with Crippen LogP contribution in [0.4, 0.5) is 0 Å². The Morgan fingerprint density at radius 2 is 1.96 bits per heavy atom. The van der Waals surface area contributed by atoms with Crippen LogP contribution in [0, 0.1) is 0 Å². The summed E-state index contributed by atoms with van der Waals surface area (Å²) in [6.45, 7) is 1.65. The molecule has 0 spiro atoms. The number of aromatic nitrogens is 2. The van der Waals surface area contributed by atoms with Crippen LogP contribution in [-0.4, -0.2) is 34.0 Å². The molecule has 1 aliphatic heterocycles. The summed E-state index contributed by atoms with van der Waals surface area (Å²) >= 11 is 0. The van der Waals surface area contributed by atoms with E-state index in [1.54, 1.807) is 18.4 Å². The maximum absolute atomic E-state index is 12.6. The molecule has 0 atom stereocenters. The van der Waals surface area contributed by atoms with Crippen molar-refractivity contribution in [3.05, 3.63) is 48.2 Å². The average Bonchev–Trinajstić information content (AvgIpc) is 3.33. The van der Waals surface area contributed by atoms with Gasteiger partial charge in [0.2, 0.25) is 5.82 Å². The standard InChI is InChI=1S/C18H17N3O3/c22-18(21-9-2-1-3-10-21)14-7-4-6-13(12-14)16-19-17(24-20-16)15-8-5-11-23-15/h4-8,11-12H,1-3,9-10H2. The van der Waals surface area contributed by atoms with Gasteiger partial charge < -0.3 is 13.8 Å². The average molecular weight is 323 g/mol. The highest BCUT2D eigenvalue weighted by Gasteiger charge is 2.19. The summed E-state index contributed by atoms with van der Waals surface area (Å²) in [4.78, 5) is 18.9. The lowest BCUT2D eigenvalue weighted by Crippen LogP contribution is -2.35. The normalized spacial score (nSPS) is 14.8. The molecule has 0 saturated carbocycles. The van der Waals surface area contributed by atoms with Gasteiger partial charge in [-0.1, -0.05) is 17.3 Å². The first-order chi connectivity index (χ1) is 11.8. The third-order valence-electron chi connectivity index (χ3n) is 4.17. The van der Waals surface area contributed by atoms with Gasteiger partial charge in [0.1, 0.15) is 0 Å². The third kappa shape index (κ3) is 2.82. The minimum atomic E-state index is 0.0614. The molecule has 0 bridgehead atoms. The smallest absolute Gasteiger partial charge is 0.293 e. The Labute approximate surface area is 139 Å². The number of hydrogen-bond acceptors (Lipinski definition) is 5. The Bertz CT molecular complexity index is 833. The van der Waals surface area contributed by atoms with Crippen molar-refractivity contribution in [3.8, 4) is 23.0 Å². The fourth-order valence-electron chi connectivity index (χ4n) is 2.91. The van der Waals surface area contributed by atoms with Gasteiger partial charge in [-0.3, -0.25) is 4.79 Å². The molecule has 0 radical (unpaired) electrons. The molecule has 3 aromatic rings. The summed E-state index contributed by atoms with van der Waals surface area (Å²) in [6.07, 6.45) is 4.89. The first-order valence-electron chi connectivity index (χ1n) is 8.08. The number of amides is 1. The zero-order chi connectivity index (χ0) is 16.4. The Morgan fingerprint density at radius 3 is 2.75 bits per heavy atom. The van der Waals surface area contributed by atoms with Gasteiger partial charge in [-0.05, 0) is 43.5 Å². The van der Waals surface area contributed by atoms with Crippen molar-refractivity contribution in [2.75, 3.05) is 13.1 Å². The van der Waals surface area contributed by atoms with E-state index in [4.69, 9.17) is 8.94 Å². The lowest BCUT2D eigenvalue weighted by Gasteiger charge is -2.26. The van der Waals surface area contributed by atoms with E-state index in [1.807, 2.05) is 29.2 Å². The van der Waals surface area contributed by atoms with Gasteiger partial charge in [0, 0.05) is 24.2 Å². The van der Waals surface area contributed by atoms with E-state index in [0.29, 0.717) is 23.0 Å². The van der Waals surface area contributed by atoms with Gasteiger partial charge in [0.05, 0.1) is 6.26 Å². The van der Waals surface area contributed by atoms with Gasteiger partial charge in [-0.2, -0.15) is 4.98 Å². The second kappa shape index (κ2) is 6.31. The summed E-state index contributed by atoms with van der Waals surface area (Å²) in [5.41, 5.74) is 1.40. The largest absolute Gasteiger partial charge is 0.459 e. The van der Waals surface area contributed by atoms with Crippen molar-refractivity contribution in [1.29, 1.82) is 0 Å². The summed E-state index contributed by atoms with van der Waals surface area (Å²) in [5.74, 6) is 1.35. The molecular formula is C18H17N3O3. The second-order valence-corrected chi connectivity index (χ2v) is 5.83. The number of nitrogens with zero attached hydrogens (tertiary/aromatic N) is 3. The highest BCUT2D eigenvalue weighted by molar-refractivity contribution is 5.95. The quantitative estimate of drug-likeness (QED) is 0.736. The van der Waals surface area contributed by atoms with Gasteiger partial charge >= 0.3 is 0 Å². The summed E-state index contributed by atoms with van der Waals surface area (Å²) in [6, 6.07) is 10.9. The number of rotatable bonds is 3. The fraction of sp³-hybridized carbons (Fsp3) is 0.278. The van der Waals surface area contributed by atoms with Crippen molar-refractivity contribution in [3.63, 3.8) is 0 Å². The lowest BCUT2D eigenvalue weighted by atomic mass is 10.1. The maximum atomic E-state index is 12.6. The summed E-state index contributed by atoms with van der Waals surface area (Å²) in [5, 5.41) is 3.98. The number of furan rings is 1. The van der Waals surface area contributed by atoms with Crippen molar-refractivity contribution < 1.29 is 13.7 Å². The second-order valence-electron chi connectivity index (χ2n) is 5.83. The van der Waals surface area contributed by atoms with E-state index in [-0.39, 0.29) is 5.91 Å². The van der Waals surface area contributed by atoms with Crippen LogP contribution in [0.3, 0.4) is 0 Å². The third-order valence-corrected chi connectivity index (χ3v) is 4.17. The maximum Gasteiger partial charge on any atom is 0.293 e. The fourth-order valence-corrected chi connectivity index (χ4v) is 2.91. The molecule has 2 aromatic heterocycles. The van der Waals surface area contributed by atoms with Gasteiger partial charge in [0.15, 0.2) is 5.76 Å². The van der Waals surface area contributed by atoms with Crippen LogP contribution < -0.4 is 0 Å². The molecule has 1 saturated heterocycles. The number of carbonyl (C=O) groups is 1. The van der Waals surface area contributed by atoms with Crippen LogP contribution in [0.25, 0.3) is 23.0 Å². The number of likely N-dealkylation sites (tertiary alicyclic amines) is 1.